The highest BCUT2D eigenvalue weighted by Gasteiger charge is 2.44. The highest BCUT2D eigenvalue weighted by atomic mass is 16.2. The van der Waals surface area contributed by atoms with E-state index in [1.54, 1.807) is 36.7 Å². The van der Waals surface area contributed by atoms with Crippen molar-refractivity contribution >= 4 is 29.3 Å². The van der Waals surface area contributed by atoms with Gasteiger partial charge in [0.15, 0.2) is 5.82 Å². The number of hydrogen-bond acceptors (Lipinski definition) is 8. The zero-order valence-corrected chi connectivity index (χ0v) is 20.7. The standard InChI is InChI=1S/C27H27N7O4/c35-23-7-6-22(25(36)32-23)34-26(37)20-5-4-18(13-21(20)27(34)38)28-8-1-3-16-11-19(12-16)33-15-17(14-31-33)24-29-9-2-10-30-24/h2,4-5,9-10,13-16,19,22,28H,1,3,6-8,11-12H2,(H,32,35,36). The number of nitrogens with zero attached hydrogens (tertiary/aromatic N) is 5. The zero-order valence-electron chi connectivity index (χ0n) is 20.7. The van der Waals surface area contributed by atoms with E-state index in [2.05, 4.69) is 25.7 Å². The molecule has 0 radical (unpaired) electrons. The number of nitrogens with one attached hydrogen (secondary N) is 2. The Morgan fingerprint density at radius 2 is 1.82 bits per heavy atom. The summed E-state index contributed by atoms with van der Waals surface area (Å²) in [6, 6.07) is 6.32. The van der Waals surface area contributed by atoms with Crippen LogP contribution in [0.3, 0.4) is 0 Å². The zero-order chi connectivity index (χ0) is 26.2. The van der Waals surface area contributed by atoms with Crippen LogP contribution in [0.4, 0.5) is 5.69 Å². The Hall–Kier alpha value is -4.41. The number of aromatic nitrogens is 4. The van der Waals surface area contributed by atoms with Crippen molar-refractivity contribution < 1.29 is 19.2 Å². The van der Waals surface area contributed by atoms with Gasteiger partial charge in [-0.3, -0.25) is 34.1 Å². The summed E-state index contributed by atoms with van der Waals surface area (Å²) in [5.41, 5.74) is 2.25. The normalized spacial score (nSPS) is 22.7. The summed E-state index contributed by atoms with van der Waals surface area (Å²) < 4.78 is 2.02. The molecule has 2 aliphatic heterocycles. The average Bonchev–Trinajstić information content (AvgIpc) is 3.47. The molecule has 0 bridgehead atoms. The number of amides is 4. The minimum atomic E-state index is -0.956. The Morgan fingerprint density at radius 1 is 1.03 bits per heavy atom. The van der Waals surface area contributed by atoms with E-state index in [9.17, 15) is 19.2 Å². The molecule has 11 nitrogen and oxygen atoms in total. The van der Waals surface area contributed by atoms with Crippen molar-refractivity contribution in [2.45, 2.75) is 50.6 Å². The molecule has 1 saturated carbocycles. The second kappa shape index (κ2) is 9.81. The predicted octanol–water partition coefficient (Wildman–Crippen LogP) is 2.58. The Labute approximate surface area is 218 Å². The van der Waals surface area contributed by atoms with Gasteiger partial charge in [0.1, 0.15) is 6.04 Å². The molecule has 1 saturated heterocycles. The second-order valence-corrected chi connectivity index (χ2v) is 10.0. The summed E-state index contributed by atoms with van der Waals surface area (Å²) in [4.78, 5) is 59.0. The van der Waals surface area contributed by atoms with Crippen molar-refractivity contribution in [1.82, 2.24) is 30.0 Å². The number of anilines is 1. The molecule has 2 aromatic heterocycles. The fourth-order valence-corrected chi connectivity index (χ4v) is 5.46. The molecule has 11 heteroatoms. The van der Waals surface area contributed by atoms with Gasteiger partial charge in [-0.15, -0.1) is 0 Å². The SMILES string of the molecule is O=C1CCC(N2C(=O)c3ccc(NCCCC4CC(n5cc(-c6ncccn6)cn5)C4)cc3C2=O)C(=O)N1. The van der Waals surface area contributed by atoms with Crippen molar-refractivity contribution in [3.8, 4) is 11.4 Å². The number of rotatable bonds is 8. The first kappa shape index (κ1) is 24.0. The van der Waals surface area contributed by atoms with Gasteiger partial charge in [0.05, 0.1) is 28.9 Å². The molecular weight excluding hydrogens is 486 g/mol. The molecule has 1 aliphatic carbocycles. The predicted molar refractivity (Wildman–Crippen MR) is 136 cm³/mol. The van der Waals surface area contributed by atoms with Crippen LogP contribution in [0.1, 0.15) is 65.3 Å². The minimum absolute atomic E-state index is 0.101. The number of piperidine rings is 1. The fraction of sp³-hybridized carbons (Fsp3) is 0.370. The lowest BCUT2D eigenvalue weighted by molar-refractivity contribution is -0.136. The van der Waals surface area contributed by atoms with Crippen molar-refractivity contribution in [1.29, 1.82) is 0 Å². The van der Waals surface area contributed by atoms with Crippen LogP contribution in [0.25, 0.3) is 11.4 Å². The molecule has 2 fully saturated rings. The Bertz CT molecular complexity index is 1410. The quantitative estimate of drug-likeness (QED) is 0.346. The number of carbonyl (C=O) groups is 4. The molecule has 4 heterocycles. The van der Waals surface area contributed by atoms with Gasteiger partial charge >= 0.3 is 0 Å². The van der Waals surface area contributed by atoms with E-state index >= 15 is 0 Å². The van der Waals surface area contributed by atoms with E-state index in [0.29, 0.717) is 17.8 Å². The van der Waals surface area contributed by atoms with Crippen LogP contribution in [-0.4, -0.2) is 60.9 Å². The van der Waals surface area contributed by atoms with Gasteiger partial charge in [-0.05, 0) is 62.3 Å². The van der Waals surface area contributed by atoms with Gasteiger partial charge in [-0.1, -0.05) is 0 Å². The molecule has 194 valence electrons. The van der Waals surface area contributed by atoms with Crippen LogP contribution in [0.15, 0.2) is 49.1 Å². The molecule has 38 heavy (non-hydrogen) atoms. The summed E-state index contributed by atoms with van der Waals surface area (Å²) in [7, 11) is 0. The third kappa shape index (κ3) is 4.44. The van der Waals surface area contributed by atoms with E-state index in [1.165, 1.54) is 0 Å². The van der Waals surface area contributed by atoms with Crippen molar-refractivity contribution in [2.75, 3.05) is 11.9 Å². The maximum absolute atomic E-state index is 13.0. The summed E-state index contributed by atoms with van der Waals surface area (Å²) in [6.07, 6.45) is 11.8. The van der Waals surface area contributed by atoms with Gasteiger partial charge < -0.3 is 5.32 Å². The molecule has 6 rings (SSSR count). The lowest BCUT2D eigenvalue weighted by atomic mass is 9.77. The largest absolute Gasteiger partial charge is 0.385 e. The molecule has 3 aliphatic rings. The monoisotopic (exact) mass is 513 g/mol. The van der Waals surface area contributed by atoms with E-state index in [-0.39, 0.29) is 29.9 Å². The van der Waals surface area contributed by atoms with Crippen LogP contribution in [0.2, 0.25) is 0 Å². The first-order valence-electron chi connectivity index (χ1n) is 12.9. The molecule has 1 aromatic carbocycles. The average molecular weight is 514 g/mol. The Kier molecular flexibility index (Phi) is 6.18. The molecule has 1 atom stereocenters. The Morgan fingerprint density at radius 3 is 2.61 bits per heavy atom. The number of hydrogen-bond donors (Lipinski definition) is 2. The molecule has 1 unspecified atom stereocenters. The van der Waals surface area contributed by atoms with Crippen molar-refractivity contribution in [3.05, 3.63) is 60.2 Å². The lowest BCUT2D eigenvalue weighted by Crippen LogP contribution is -2.54. The third-order valence-corrected chi connectivity index (χ3v) is 7.57. The summed E-state index contributed by atoms with van der Waals surface area (Å²) in [5, 5.41) is 10.1. The molecule has 2 N–H and O–H groups in total. The number of carbonyl (C=O) groups excluding carboxylic acids is 4. The van der Waals surface area contributed by atoms with Crippen LogP contribution >= 0.6 is 0 Å². The van der Waals surface area contributed by atoms with Crippen LogP contribution in [0.5, 0.6) is 0 Å². The number of benzene rings is 1. The van der Waals surface area contributed by atoms with Crippen LogP contribution in [-0.2, 0) is 9.59 Å². The highest BCUT2D eigenvalue weighted by molar-refractivity contribution is 6.23. The minimum Gasteiger partial charge on any atom is -0.385 e. The van der Waals surface area contributed by atoms with Crippen molar-refractivity contribution in [2.24, 2.45) is 5.92 Å². The van der Waals surface area contributed by atoms with Gasteiger partial charge in [0.25, 0.3) is 11.8 Å². The molecule has 0 spiro atoms. The number of fused-ring (bicyclic) bond motifs is 1. The lowest BCUT2D eigenvalue weighted by Gasteiger charge is -2.35. The highest BCUT2D eigenvalue weighted by Crippen LogP contribution is 2.40. The van der Waals surface area contributed by atoms with Gasteiger partial charge in [-0.25, -0.2) is 9.97 Å². The van der Waals surface area contributed by atoms with E-state index < -0.39 is 23.8 Å². The van der Waals surface area contributed by atoms with Crippen LogP contribution in [0, 0.1) is 5.92 Å². The first-order chi connectivity index (χ1) is 18.5. The molecule has 3 aromatic rings. The third-order valence-electron chi connectivity index (χ3n) is 7.57. The Balaban J connectivity index is 0.976. The topological polar surface area (TPSA) is 139 Å². The van der Waals surface area contributed by atoms with Gasteiger partial charge in [-0.2, -0.15) is 5.10 Å². The van der Waals surface area contributed by atoms with E-state index in [0.717, 1.165) is 48.4 Å². The van der Waals surface area contributed by atoms with Gasteiger partial charge in [0.2, 0.25) is 11.8 Å². The molecular formula is C27H27N7O4. The van der Waals surface area contributed by atoms with Gasteiger partial charge in [0, 0.05) is 37.2 Å². The number of imide groups is 2. The summed E-state index contributed by atoms with van der Waals surface area (Å²) in [5.74, 6) is -0.660. The fourth-order valence-electron chi connectivity index (χ4n) is 5.46. The maximum atomic E-state index is 13.0. The molecule has 4 amide bonds. The van der Waals surface area contributed by atoms with E-state index in [4.69, 9.17) is 0 Å². The summed E-state index contributed by atoms with van der Waals surface area (Å²) >= 11 is 0. The van der Waals surface area contributed by atoms with Crippen molar-refractivity contribution in [3.63, 3.8) is 0 Å². The smallest absolute Gasteiger partial charge is 0.262 e. The first-order valence-corrected chi connectivity index (χ1v) is 12.9. The second-order valence-electron chi connectivity index (χ2n) is 10.0. The maximum Gasteiger partial charge on any atom is 0.262 e. The summed E-state index contributed by atoms with van der Waals surface area (Å²) in [6.45, 7) is 0.746. The van der Waals surface area contributed by atoms with Crippen LogP contribution < -0.4 is 10.6 Å². The van der Waals surface area contributed by atoms with E-state index in [1.807, 2.05) is 17.1 Å².